The van der Waals surface area contributed by atoms with E-state index in [4.69, 9.17) is 4.74 Å². The van der Waals surface area contributed by atoms with Gasteiger partial charge in [0.2, 0.25) is 11.8 Å². The average Bonchev–Trinajstić information content (AvgIpc) is 3.16. The summed E-state index contributed by atoms with van der Waals surface area (Å²) >= 11 is 0. The van der Waals surface area contributed by atoms with Crippen molar-refractivity contribution in [2.24, 2.45) is 23.2 Å². The van der Waals surface area contributed by atoms with Crippen LogP contribution in [0.3, 0.4) is 0 Å². The summed E-state index contributed by atoms with van der Waals surface area (Å²) in [4.78, 5) is 51.1. The number of benzene rings is 1. The Morgan fingerprint density at radius 3 is 2.50 bits per heavy atom. The van der Waals surface area contributed by atoms with Crippen LogP contribution in [-0.4, -0.2) is 67.1 Å². The van der Waals surface area contributed by atoms with Crippen molar-refractivity contribution >= 4 is 24.0 Å². The molecule has 3 aliphatic rings. The van der Waals surface area contributed by atoms with Crippen LogP contribution in [0.25, 0.3) is 0 Å². The van der Waals surface area contributed by atoms with E-state index in [0.29, 0.717) is 25.8 Å². The highest BCUT2D eigenvalue weighted by molar-refractivity contribution is 5.91. The summed E-state index contributed by atoms with van der Waals surface area (Å²) in [7, 11) is 0. The number of amides is 3. The Labute approximate surface area is 205 Å². The van der Waals surface area contributed by atoms with Crippen LogP contribution in [-0.2, 0) is 19.2 Å². The standard InChI is InChI=1S/C24H28F3N3O6/c1-23(2)17-10-30(18(32)12-35-15-3-5-16(6-4-15)36-24(25,26)27)20(19(17)23)22(34)29-14(11-31)9-13-7-8-28-21(13)33/h3-6,11,13-14,17,19-20H,7-10,12H2,1-2H3,(H,28,33)(H,29,34)/t13-,14-,17?,19?,20+/m0/s1. The SMILES string of the molecule is CC1(C)C2CN(C(=O)COc3ccc(OC(F)(F)F)cc3)[C@@H](C(=O)N[C@H](C=O)C[C@@H]3CCNC3=O)C21. The number of likely N-dealkylation sites (tertiary alicyclic amines) is 1. The van der Waals surface area contributed by atoms with Crippen molar-refractivity contribution in [1.82, 2.24) is 15.5 Å². The predicted molar refractivity (Wildman–Crippen MR) is 119 cm³/mol. The first-order valence-corrected chi connectivity index (χ1v) is 11.7. The third-order valence-electron chi connectivity index (χ3n) is 7.41. The van der Waals surface area contributed by atoms with Gasteiger partial charge in [0.1, 0.15) is 23.8 Å². The van der Waals surface area contributed by atoms with E-state index in [1.807, 2.05) is 13.8 Å². The predicted octanol–water partition coefficient (Wildman–Crippen LogP) is 1.66. The topological polar surface area (TPSA) is 114 Å². The summed E-state index contributed by atoms with van der Waals surface area (Å²) < 4.78 is 46.2. The molecular weight excluding hydrogens is 483 g/mol. The van der Waals surface area contributed by atoms with Crippen molar-refractivity contribution in [1.29, 1.82) is 0 Å². The molecule has 1 aromatic rings. The Kier molecular flexibility index (Phi) is 6.89. The molecular formula is C24H28F3N3O6. The molecule has 2 N–H and O–H groups in total. The number of carbonyl (C=O) groups excluding carboxylic acids is 4. The summed E-state index contributed by atoms with van der Waals surface area (Å²) in [5.41, 5.74) is -0.143. The molecule has 4 rings (SSSR count). The molecule has 2 unspecified atom stereocenters. The molecule has 0 radical (unpaired) electrons. The van der Waals surface area contributed by atoms with Gasteiger partial charge in [-0.3, -0.25) is 14.4 Å². The fraction of sp³-hybridized carbons (Fsp3) is 0.583. The molecule has 5 atom stereocenters. The number of hydrogen-bond acceptors (Lipinski definition) is 6. The van der Waals surface area contributed by atoms with Gasteiger partial charge in [-0.2, -0.15) is 0 Å². The molecule has 2 aliphatic heterocycles. The Morgan fingerprint density at radius 2 is 1.92 bits per heavy atom. The van der Waals surface area contributed by atoms with Gasteiger partial charge in [0.15, 0.2) is 6.61 Å². The molecule has 196 valence electrons. The molecule has 0 spiro atoms. The van der Waals surface area contributed by atoms with Gasteiger partial charge in [-0.05, 0) is 54.4 Å². The van der Waals surface area contributed by atoms with Crippen LogP contribution in [0.15, 0.2) is 24.3 Å². The molecule has 3 amide bonds. The zero-order chi connectivity index (χ0) is 26.3. The first-order valence-electron chi connectivity index (χ1n) is 11.7. The summed E-state index contributed by atoms with van der Waals surface area (Å²) in [6.45, 7) is 4.51. The summed E-state index contributed by atoms with van der Waals surface area (Å²) in [6, 6.07) is 3.00. The van der Waals surface area contributed by atoms with Gasteiger partial charge >= 0.3 is 6.36 Å². The third kappa shape index (κ3) is 5.41. The Bertz CT molecular complexity index is 1030. The number of hydrogen-bond donors (Lipinski definition) is 2. The number of aldehydes is 1. The van der Waals surface area contributed by atoms with Gasteiger partial charge in [-0.25, -0.2) is 0 Å². The van der Waals surface area contributed by atoms with Crippen molar-refractivity contribution < 1.29 is 41.8 Å². The van der Waals surface area contributed by atoms with E-state index in [1.165, 1.54) is 17.0 Å². The number of fused-ring (bicyclic) bond motifs is 1. The lowest BCUT2D eigenvalue weighted by molar-refractivity contribution is -0.274. The van der Waals surface area contributed by atoms with Gasteiger partial charge in [-0.1, -0.05) is 13.8 Å². The maximum absolute atomic E-state index is 13.2. The molecule has 36 heavy (non-hydrogen) atoms. The molecule has 1 aliphatic carbocycles. The first-order chi connectivity index (χ1) is 16.9. The highest BCUT2D eigenvalue weighted by Crippen LogP contribution is 2.64. The lowest BCUT2D eigenvalue weighted by atomic mass is 9.97. The number of rotatable bonds is 9. The van der Waals surface area contributed by atoms with Crippen LogP contribution in [0.4, 0.5) is 13.2 Å². The van der Waals surface area contributed by atoms with Crippen LogP contribution in [0.5, 0.6) is 11.5 Å². The van der Waals surface area contributed by atoms with Crippen molar-refractivity contribution in [3.63, 3.8) is 0 Å². The number of carbonyl (C=O) groups is 4. The zero-order valence-electron chi connectivity index (χ0n) is 19.8. The molecule has 0 bridgehead atoms. The third-order valence-corrected chi connectivity index (χ3v) is 7.41. The Hall–Kier alpha value is -3.31. The van der Waals surface area contributed by atoms with Gasteiger partial charge in [0.25, 0.3) is 5.91 Å². The Balaban J connectivity index is 1.37. The molecule has 9 nitrogen and oxygen atoms in total. The van der Waals surface area contributed by atoms with E-state index in [0.717, 1.165) is 12.1 Å². The zero-order valence-corrected chi connectivity index (χ0v) is 19.8. The molecule has 2 saturated heterocycles. The number of halogens is 3. The number of piperidine rings is 1. The second-order valence-corrected chi connectivity index (χ2v) is 10.0. The second-order valence-electron chi connectivity index (χ2n) is 10.0. The second kappa shape index (κ2) is 9.62. The molecule has 0 aromatic heterocycles. The van der Waals surface area contributed by atoms with Gasteiger partial charge in [0, 0.05) is 19.0 Å². The summed E-state index contributed by atoms with van der Waals surface area (Å²) in [5, 5.41) is 5.41. The molecule has 2 heterocycles. The van der Waals surface area contributed by atoms with Crippen LogP contribution in [0.2, 0.25) is 0 Å². The molecule has 3 fully saturated rings. The number of nitrogens with one attached hydrogen (secondary N) is 2. The summed E-state index contributed by atoms with van der Waals surface area (Å²) in [5.74, 6) is -1.62. The smallest absolute Gasteiger partial charge is 0.484 e. The highest BCUT2D eigenvalue weighted by atomic mass is 19.4. The minimum atomic E-state index is -4.81. The van der Waals surface area contributed by atoms with E-state index in [1.54, 1.807) is 0 Å². The van der Waals surface area contributed by atoms with Gasteiger partial charge in [-0.15, -0.1) is 13.2 Å². The Morgan fingerprint density at radius 1 is 1.25 bits per heavy atom. The maximum Gasteiger partial charge on any atom is 0.573 e. The molecule has 1 aromatic carbocycles. The van der Waals surface area contributed by atoms with Crippen LogP contribution >= 0.6 is 0 Å². The monoisotopic (exact) mass is 511 g/mol. The molecule has 1 saturated carbocycles. The van der Waals surface area contributed by atoms with Gasteiger partial charge < -0.3 is 29.8 Å². The lowest BCUT2D eigenvalue weighted by Gasteiger charge is -2.31. The van der Waals surface area contributed by atoms with Crippen LogP contribution in [0.1, 0.15) is 26.7 Å². The van der Waals surface area contributed by atoms with E-state index in [-0.39, 0.29) is 41.2 Å². The normalized spacial score (nSPS) is 27.0. The van der Waals surface area contributed by atoms with Gasteiger partial charge in [0.05, 0.1) is 6.04 Å². The quantitative estimate of drug-likeness (QED) is 0.488. The fourth-order valence-corrected chi connectivity index (χ4v) is 5.40. The minimum absolute atomic E-state index is 0.0812. The lowest BCUT2D eigenvalue weighted by Crippen LogP contribution is -2.53. The van der Waals surface area contributed by atoms with Crippen LogP contribution in [0, 0.1) is 23.2 Å². The van der Waals surface area contributed by atoms with E-state index in [9.17, 15) is 32.3 Å². The molecule has 12 heteroatoms. The maximum atomic E-state index is 13.2. The van der Waals surface area contributed by atoms with Crippen molar-refractivity contribution in [2.45, 2.75) is 45.1 Å². The van der Waals surface area contributed by atoms with E-state index < -0.39 is 42.6 Å². The highest BCUT2D eigenvalue weighted by Gasteiger charge is 2.69. The largest absolute Gasteiger partial charge is 0.573 e. The first kappa shape index (κ1) is 25.8. The van der Waals surface area contributed by atoms with E-state index >= 15 is 0 Å². The van der Waals surface area contributed by atoms with Crippen LogP contribution < -0.4 is 20.1 Å². The summed E-state index contributed by atoms with van der Waals surface area (Å²) in [6.07, 6.45) is -3.43. The average molecular weight is 511 g/mol. The van der Waals surface area contributed by atoms with Crippen molar-refractivity contribution in [2.75, 3.05) is 19.7 Å². The van der Waals surface area contributed by atoms with E-state index in [2.05, 4.69) is 15.4 Å². The number of ether oxygens (including phenoxy) is 2. The number of alkyl halides is 3. The van der Waals surface area contributed by atoms with Crippen molar-refractivity contribution in [3.05, 3.63) is 24.3 Å². The number of nitrogens with zero attached hydrogens (tertiary/aromatic N) is 1. The van der Waals surface area contributed by atoms with Crippen molar-refractivity contribution in [3.8, 4) is 11.5 Å². The fourth-order valence-electron chi connectivity index (χ4n) is 5.40. The minimum Gasteiger partial charge on any atom is -0.484 e.